The van der Waals surface area contributed by atoms with Gasteiger partial charge in [0.25, 0.3) is 5.91 Å². The van der Waals surface area contributed by atoms with Crippen LogP contribution in [-0.2, 0) is 9.53 Å². The minimum Gasteiger partial charge on any atom is -0.480 e. The lowest BCUT2D eigenvalue weighted by atomic mass is 9.98. The minimum atomic E-state index is -1.16. The Labute approximate surface area is 201 Å². The number of rotatable bonds is 8. The number of amides is 2. The number of nitrogens with one attached hydrogen (secondary N) is 2. The second-order valence-electron chi connectivity index (χ2n) is 8.30. The number of benzene rings is 3. The van der Waals surface area contributed by atoms with Crippen LogP contribution in [0.2, 0.25) is 0 Å². The number of carboxylic acid groups (broad SMARTS) is 1. The number of fused-ring (bicyclic) bond motifs is 3. The molecular weight excluding hydrogens is 451 g/mol. The van der Waals surface area contributed by atoms with Crippen LogP contribution in [0.5, 0.6) is 0 Å². The summed E-state index contributed by atoms with van der Waals surface area (Å²) in [5.74, 6) is -2.84. The van der Waals surface area contributed by atoms with Crippen LogP contribution in [0.1, 0.15) is 47.2 Å². The van der Waals surface area contributed by atoms with Crippen LogP contribution in [0.3, 0.4) is 0 Å². The number of halogens is 1. The molecule has 0 heterocycles. The number of carboxylic acids is 1. The lowest BCUT2D eigenvalue weighted by Gasteiger charge is -2.15. The van der Waals surface area contributed by atoms with E-state index in [-0.39, 0.29) is 30.2 Å². The van der Waals surface area contributed by atoms with Crippen LogP contribution >= 0.6 is 0 Å². The van der Waals surface area contributed by atoms with Gasteiger partial charge in [0, 0.05) is 11.5 Å². The van der Waals surface area contributed by atoms with E-state index >= 15 is 0 Å². The first-order valence-electron chi connectivity index (χ1n) is 11.3. The van der Waals surface area contributed by atoms with Crippen molar-refractivity contribution in [2.75, 3.05) is 11.9 Å². The summed E-state index contributed by atoms with van der Waals surface area (Å²) in [7, 11) is 0. The van der Waals surface area contributed by atoms with E-state index in [4.69, 9.17) is 4.74 Å². The molecule has 1 aliphatic carbocycles. The van der Waals surface area contributed by atoms with Crippen molar-refractivity contribution in [3.05, 3.63) is 89.2 Å². The first-order chi connectivity index (χ1) is 16.9. The molecule has 0 radical (unpaired) electrons. The number of anilines is 1. The lowest BCUT2D eigenvalue weighted by Crippen LogP contribution is -2.40. The van der Waals surface area contributed by atoms with Crippen LogP contribution in [0.15, 0.2) is 66.7 Å². The van der Waals surface area contributed by atoms with Crippen molar-refractivity contribution in [3.8, 4) is 11.1 Å². The highest BCUT2D eigenvalue weighted by molar-refractivity contribution is 5.97. The predicted octanol–water partition coefficient (Wildman–Crippen LogP) is 5.17. The van der Waals surface area contributed by atoms with Crippen molar-refractivity contribution in [3.63, 3.8) is 0 Å². The molecule has 3 aromatic carbocycles. The van der Waals surface area contributed by atoms with Gasteiger partial charge in [-0.3, -0.25) is 10.1 Å². The minimum absolute atomic E-state index is 0.0528. The molecule has 0 saturated carbocycles. The number of hydrogen-bond acceptors (Lipinski definition) is 4. The van der Waals surface area contributed by atoms with E-state index in [0.29, 0.717) is 6.42 Å². The second kappa shape index (κ2) is 10.4. The molecule has 0 fully saturated rings. The fourth-order valence-electron chi connectivity index (χ4n) is 4.29. The van der Waals surface area contributed by atoms with Gasteiger partial charge < -0.3 is 15.2 Å². The van der Waals surface area contributed by atoms with E-state index in [1.54, 1.807) is 6.92 Å². The van der Waals surface area contributed by atoms with E-state index in [1.165, 1.54) is 12.1 Å². The molecule has 1 atom stereocenters. The normalized spacial score (nSPS) is 12.9. The molecule has 3 aromatic rings. The molecule has 7 nitrogen and oxygen atoms in total. The summed E-state index contributed by atoms with van der Waals surface area (Å²) < 4.78 is 20.0. The molecule has 180 valence electrons. The van der Waals surface area contributed by atoms with E-state index in [2.05, 4.69) is 10.6 Å². The molecule has 2 amide bonds. The monoisotopic (exact) mass is 476 g/mol. The van der Waals surface area contributed by atoms with E-state index in [9.17, 15) is 23.9 Å². The van der Waals surface area contributed by atoms with Gasteiger partial charge >= 0.3 is 12.1 Å². The third kappa shape index (κ3) is 5.16. The first kappa shape index (κ1) is 23.9. The summed E-state index contributed by atoms with van der Waals surface area (Å²) >= 11 is 0. The van der Waals surface area contributed by atoms with Crippen LogP contribution in [-0.4, -0.2) is 35.7 Å². The zero-order chi connectivity index (χ0) is 24.9. The van der Waals surface area contributed by atoms with Gasteiger partial charge in [-0.2, -0.15) is 0 Å². The maximum Gasteiger partial charge on any atom is 0.411 e. The summed E-state index contributed by atoms with van der Waals surface area (Å²) in [6.45, 7) is 1.88. The Morgan fingerprint density at radius 2 is 1.63 bits per heavy atom. The standard InChI is InChI=1S/C27H25FN2O5/c1-2-7-24(26(32)33)29-25(31)16-12-13-23(22(28)14-16)30-27(34)35-15-21-19-10-5-3-8-17(19)18-9-4-6-11-20(18)21/h3-6,8-14,21,24H,2,7,15H2,1H3,(H,29,31)(H,30,34)(H,32,33). The van der Waals surface area contributed by atoms with E-state index in [0.717, 1.165) is 28.3 Å². The number of carbonyl (C=O) groups is 3. The fraction of sp³-hybridized carbons (Fsp3) is 0.222. The van der Waals surface area contributed by atoms with Gasteiger partial charge in [-0.05, 0) is 46.9 Å². The molecule has 1 unspecified atom stereocenters. The van der Waals surface area contributed by atoms with Crippen molar-refractivity contribution < 1.29 is 28.6 Å². The molecule has 0 bridgehead atoms. The molecule has 0 aromatic heterocycles. The van der Waals surface area contributed by atoms with Crippen LogP contribution in [0, 0.1) is 5.82 Å². The largest absolute Gasteiger partial charge is 0.480 e. The lowest BCUT2D eigenvalue weighted by molar-refractivity contribution is -0.139. The third-order valence-corrected chi connectivity index (χ3v) is 5.99. The SMILES string of the molecule is CCCC(NC(=O)c1ccc(NC(=O)OCC2c3ccccc3-c3ccccc32)c(F)c1)C(=O)O. The molecule has 4 rings (SSSR count). The van der Waals surface area contributed by atoms with Crippen LogP contribution < -0.4 is 10.6 Å². The topological polar surface area (TPSA) is 105 Å². The summed E-state index contributed by atoms with van der Waals surface area (Å²) in [5, 5.41) is 13.9. The first-order valence-corrected chi connectivity index (χ1v) is 11.3. The smallest absolute Gasteiger partial charge is 0.411 e. The van der Waals surface area contributed by atoms with Gasteiger partial charge in [0.15, 0.2) is 0 Å². The van der Waals surface area contributed by atoms with Crippen LogP contribution in [0.25, 0.3) is 11.1 Å². The highest BCUT2D eigenvalue weighted by Crippen LogP contribution is 2.44. The van der Waals surface area contributed by atoms with Crippen molar-refractivity contribution in [1.29, 1.82) is 0 Å². The molecule has 35 heavy (non-hydrogen) atoms. The molecule has 0 saturated heterocycles. The predicted molar refractivity (Wildman–Crippen MR) is 129 cm³/mol. The maximum absolute atomic E-state index is 14.6. The second-order valence-corrected chi connectivity index (χ2v) is 8.30. The van der Waals surface area contributed by atoms with Gasteiger partial charge in [0.2, 0.25) is 0 Å². The highest BCUT2D eigenvalue weighted by Gasteiger charge is 2.29. The maximum atomic E-state index is 14.6. The molecule has 0 spiro atoms. The van der Waals surface area contributed by atoms with Crippen molar-refractivity contribution in [1.82, 2.24) is 5.32 Å². The molecule has 0 aliphatic heterocycles. The Morgan fingerprint density at radius 1 is 1.00 bits per heavy atom. The Bertz CT molecular complexity index is 1230. The summed E-state index contributed by atoms with van der Waals surface area (Å²) in [6.07, 6.45) is -0.00333. The Balaban J connectivity index is 1.39. The molecular formula is C27H25FN2O5. The third-order valence-electron chi connectivity index (χ3n) is 5.99. The highest BCUT2D eigenvalue weighted by atomic mass is 19.1. The average Bonchev–Trinajstić information content (AvgIpc) is 3.17. The Morgan fingerprint density at radius 3 is 2.20 bits per heavy atom. The number of aliphatic carboxylic acids is 1. The number of ether oxygens (including phenoxy) is 1. The van der Waals surface area contributed by atoms with Gasteiger partial charge in [0.1, 0.15) is 18.5 Å². The van der Waals surface area contributed by atoms with Gasteiger partial charge in [-0.25, -0.2) is 14.0 Å². The quantitative estimate of drug-likeness (QED) is 0.416. The molecule has 8 heteroatoms. The van der Waals surface area contributed by atoms with Gasteiger partial charge in [-0.1, -0.05) is 61.9 Å². The van der Waals surface area contributed by atoms with Crippen molar-refractivity contribution in [2.24, 2.45) is 0 Å². The Kier molecular flexibility index (Phi) is 7.10. The average molecular weight is 477 g/mol. The fourth-order valence-corrected chi connectivity index (χ4v) is 4.29. The van der Waals surface area contributed by atoms with Gasteiger partial charge in [-0.15, -0.1) is 0 Å². The zero-order valence-corrected chi connectivity index (χ0v) is 19.1. The summed E-state index contributed by atoms with van der Waals surface area (Å²) in [6, 6.07) is 18.3. The molecule has 1 aliphatic rings. The molecule has 3 N–H and O–H groups in total. The van der Waals surface area contributed by atoms with E-state index < -0.39 is 29.8 Å². The zero-order valence-electron chi connectivity index (χ0n) is 19.1. The summed E-state index contributed by atoms with van der Waals surface area (Å²) in [4.78, 5) is 36.0. The summed E-state index contributed by atoms with van der Waals surface area (Å²) in [5.41, 5.74) is 4.11. The van der Waals surface area contributed by atoms with Crippen molar-refractivity contribution in [2.45, 2.75) is 31.7 Å². The van der Waals surface area contributed by atoms with Crippen LogP contribution in [0.4, 0.5) is 14.9 Å². The Hall–Kier alpha value is -4.20. The van der Waals surface area contributed by atoms with Gasteiger partial charge in [0.05, 0.1) is 5.69 Å². The number of carbonyl (C=O) groups excluding carboxylic acids is 2. The van der Waals surface area contributed by atoms with Crippen molar-refractivity contribution >= 4 is 23.7 Å². The van der Waals surface area contributed by atoms with E-state index in [1.807, 2.05) is 48.5 Å². The number of hydrogen-bond donors (Lipinski definition) is 3.